The smallest absolute Gasteiger partial charge is 0.387 e. The molecule has 0 aromatic carbocycles. The summed E-state index contributed by atoms with van der Waals surface area (Å²) >= 11 is 0. The number of aliphatic hydroxyl groups excluding tert-OH is 1. The van der Waals surface area contributed by atoms with E-state index >= 15 is 0 Å². The van der Waals surface area contributed by atoms with E-state index in [-0.39, 0.29) is 25.7 Å². The van der Waals surface area contributed by atoms with E-state index in [0.717, 1.165) is 77.0 Å². The number of phosphoric ester groups is 1. The molecule has 3 atom stereocenters. The summed E-state index contributed by atoms with van der Waals surface area (Å²) in [4.78, 5) is 22.5. The zero-order chi connectivity index (χ0) is 33.3. The average Bonchev–Trinajstić information content (AvgIpc) is 3.02. The number of hydrogen-bond donors (Lipinski definition) is 4. The van der Waals surface area contributed by atoms with E-state index in [4.69, 9.17) is 14.8 Å². The third kappa shape index (κ3) is 30.6. The number of amides is 1. The van der Waals surface area contributed by atoms with Crippen LogP contribution in [0.3, 0.4) is 0 Å². The van der Waals surface area contributed by atoms with Crippen molar-refractivity contribution in [2.24, 2.45) is 5.73 Å². The lowest BCUT2D eigenvalue weighted by molar-refractivity contribution is -0.123. The van der Waals surface area contributed by atoms with E-state index in [1.807, 2.05) is 6.08 Å². The summed E-state index contributed by atoms with van der Waals surface area (Å²) in [6.07, 6.45) is 38.5. The molecule has 0 saturated carbocycles. The maximum Gasteiger partial charge on any atom is 0.472 e. The van der Waals surface area contributed by atoms with Gasteiger partial charge in [-0.05, 0) is 57.8 Å². The van der Waals surface area contributed by atoms with Gasteiger partial charge in [-0.2, -0.15) is 0 Å². The Morgan fingerprint density at radius 3 is 1.89 bits per heavy atom. The van der Waals surface area contributed by atoms with Crippen molar-refractivity contribution in [3.63, 3.8) is 0 Å². The summed E-state index contributed by atoms with van der Waals surface area (Å²) in [6.45, 7) is 3.91. The second kappa shape index (κ2) is 32.2. The molecule has 0 aromatic rings. The van der Waals surface area contributed by atoms with Crippen LogP contribution in [0, 0.1) is 0 Å². The highest BCUT2D eigenvalue weighted by Gasteiger charge is 2.26. The van der Waals surface area contributed by atoms with Crippen LogP contribution < -0.4 is 11.1 Å². The number of nitrogens with one attached hydrogen (secondary N) is 1. The predicted octanol–water partition coefficient (Wildman–Crippen LogP) is 8.77. The maximum absolute atomic E-state index is 12.6. The van der Waals surface area contributed by atoms with Crippen LogP contribution in [0.25, 0.3) is 0 Å². The molecule has 0 spiro atoms. The fraction of sp³-hybridized carbons (Fsp3) is 0.694. The minimum absolute atomic E-state index is 0.0724. The summed E-state index contributed by atoms with van der Waals surface area (Å²) in [5.74, 6) is -0.217. The number of aliphatic hydroxyl groups is 1. The maximum atomic E-state index is 12.6. The van der Waals surface area contributed by atoms with Crippen molar-refractivity contribution in [2.75, 3.05) is 19.8 Å². The molecule has 3 unspecified atom stereocenters. The van der Waals surface area contributed by atoms with Gasteiger partial charge in [0.05, 0.1) is 25.4 Å². The highest BCUT2D eigenvalue weighted by molar-refractivity contribution is 7.47. The Bertz CT molecular complexity index is 887. The van der Waals surface area contributed by atoms with Gasteiger partial charge in [0, 0.05) is 13.0 Å². The molecule has 0 radical (unpaired) electrons. The Balaban J connectivity index is 4.25. The van der Waals surface area contributed by atoms with Gasteiger partial charge >= 0.3 is 7.82 Å². The summed E-state index contributed by atoms with van der Waals surface area (Å²) in [6, 6.07) is -0.867. The average molecular weight is 653 g/mol. The Morgan fingerprint density at radius 1 is 0.756 bits per heavy atom. The first-order chi connectivity index (χ1) is 21.9. The minimum Gasteiger partial charge on any atom is -0.387 e. The molecular formula is C36H65N2O6P. The standard InChI is InChI=1S/C36H65N2O6P/c1-3-5-7-9-11-12-13-14-15-16-17-18-19-20-21-22-24-26-28-30-36(40)38-34(33-44-45(41,42)43-32-31-37)35(39)29-27-25-23-10-8-6-4-2/h5,7,11-12,14-15,17-18,27,29,34-35,39H,3-4,6,8-10,13,16,19-26,28,30-33,37H2,1-2H3,(H,38,40)(H,41,42)/b7-5-,12-11-,15-14-,18-17-,29-27+. The fourth-order valence-electron chi connectivity index (χ4n) is 4.47. The molecule has 9 heteroatoms. The molecule has 1 amide bonds. The van der Waals surface area contributed by atoms with Gasteiger partial charge in [0.15, 0.2) is 0 Å². The molecule has 0 aliphatic rings. The number of unbranched alkanes of at least 4 members (excludes halogenated alkanes) is 11. The van der Waals surface area contributed by atoms with Gasteiger partial charge in [0.25, 0.3) is 0 Å². The first kappa shape index (κ1) is 43.2. The molecule has 0 aliphatic carbocycles. The van der Waals surface area contributed by atoms with Crippen LogP contribution in [-0.2, 0) is 18.4 Å². The number of rotatable bonds is 31. The van der Waals surface area contributed by atoms with Gasteiger partial charge in [0.2, 0.25) is 5.91 Å². The van der Waals surface area contributed by atoms with Crippen molar-refractivity contribution in [2.45, 2.75) is 142 Å². The molecule has 0 bridgehead atoms. The molecule has 0 saturated heterocycles. The number of allylic oxidation sites excluding steroid dienone is 9. The zero-order valence-electron chi connectivity index (χ0n) is 28.3. The van der Waals surface area contributed by atoms with Gasteiger partial charge < -0.3 is 21.1 Å². The largest absolute Gasteiger partial charge is 0.472 e. The SMILES string of the molecule is CC/C=C\C/C=C\C/C=C\C/C=C\CCCCCCCCC(=O)NC(COP(=O)(O)OCCN)C(O)/C=C/CCCCCCC. The van der Waals surface area contributed by atoms with E-state index in [1.165, 1.54) is 32.1 Å². The van der Waals surface area contributed by atoms with Gasteiger partial charge in [-0.3, -0.25) is 13.8 Å². The van der Waals surface area contributed by atoms with Gasteiger partial charge in [0.1, 0.15) is 0 Å². The minimum atomic E-state index is -4.33. The van der Waals surface area contributed by atoms with Gasteiger partial charge in [-0.15, -0.1) is 0 Å². The molecule has 0 aromatic heterocycles. The predicted molar refractivity (Wildman–Crippen MR) is 189 cm³/mol. The molecule has 5 N–H and O–H groups in total. The first-order valence-electron chi connectivity index (χ1n) is 17.4. The first-order valence-corrected chi connectivity index (χ1v) is 18.9. The van der Waals surface area contributed by atoms with E-state index < -0.39 is 20.0 Å². The van der Waals surface area contributed by atoms with Gasteiger partial charge in [-0.25, -0.2) is 4.57 Å². The highest BCUT2D eigenvalue weighted by atomic mass is 31.2. The Labute approximate surface area is 274 Å². The number of carbonyl (C=O) groups is 1. The summed E-state index contributed by atoms with van der Waals surface area (Å²) in [5, 5.41) is 13.5. The molecule has 8 nitrogen and oxygen atoms in total. The topological polar surface area (TPSA) is 131 Å². The number of carbonyl (C=O) groups excluding carboxylic acids is 1. The van der Waals surface area contributed by atoms with Crippen molar-refractivity contribution in [3.8, 4) is 0 Å². The van der Waals surface area contributed by atoms with Crippen LogP contribution in [0.2, 0.25) is 0 Å². The van der Waals surface area contributed by atoms with Crippen molar-refractivity contribution in [3.05, 3.63) is 60.8 Å². The molecule has 0 fully saturated rings. The van der Waals surface area contributed by atoms with Crippen molar-refractivity contribution in [1.82, 2.24) is 5.32 Å². The number of hydrogen-bond acceptors (Lipinski definition) is 6. The lowest BCUT2D eigenvalue weighted by atomic mass is 10.1. The fourth-order valence-corrected chi connectivity index (χ4v) is 5.23. The van der Waals surface area contributed by atoms with E-state index in [1.54, 1.807) is 6.08 Å². The third-order valence-corrected chi connectivity index (χ3v) is 8.08. The normalized spacial score (nSPS) is 15.2. The zero-order valence-corrected chi connectivity index (χ0v) is 29.2. The van der Waals surface area contributed by atoms with Crippen LogP contribution in [0.5, 0.6) is 0 Å². The van der Waals surface area contributed by atoms with Crippen molar-refractivity contribution in [1.29, 1.82) is 0 Å². The molecule has 0 heterocycles. The quantitative estimate of drug-likeness (QED) is 0.0334. The van der Waals surface area contributed by atoms with Gasteiger partial charge in [-0.1, -0.05) is 126 Å². The van der Waals surface area contributed by atoms with Crippen LogP contribution in [0.4, 0.5) is 0 Å². The van der Waals surface area contributed by atoms with E-state index in [0.29, 0.717) is 6.42 Å². The van der Waals surface area contributed by atoms with Crippen LogP contribution in [0.1, 0.15) is 129 Å². The van der Waals surface area contributed by atoms with Crippen LogP contribution >= 0.6 is 7.82 Å². The monoisotopic (exact) mass is 652 g/mol. The van der Waals surface area contributed by atoms with E-state index in [9.17, 15) is 19.4 Å². The lowest BCUT2D eigenvalue weighted by Crippen LogP contribution is -2.45. The molecule has 45 heavy (non-hydrogen) atoms. The van der Waals surface area contributed by atoms with Crippen molar-refractivity contribution < 1.29 is 28.4 Å². The van der Waals surface area contributed by atoms with Crippen LogP contribution in [0.15, 0.2) is 60.8 Å². The lowest BCUT2D eigenvalue weighted by Gasteiger charge is -2.23. The van der Waals surface area contributed by atoms with Crippen molar-refractivity contribution >= 4 is 13.7 Å². The summed E-state index contributed by atoms with van der Waals surface area (Å²) < 4.78 is 21.9. The number of nitrogens with two attached hydrogens (primary N) is 1. The molecule has 0 aliphatic heterocycles. The second-order valence-corrected chi connectivity index (χ2v) is 12.8. The Hall–Kier alpha value is -1.80. The molecular weight excluding hydrogens is 587 g/mol. The second-order valence-electron chi connectivity index (χ2n) is 11.3. The molecule has 260 valence electrons. The Morgan fingerprint density at radius 2 is 1.29 bits per heavy atom. The summed E-state index contributed by atoms with van der Waals surface area (Å²) in [7, 11) is -4.33. The van der Waals surface area contributed by atoms with E-state index in [2.05, 4.69) is 67.8 Å². The molecule has 0 rings (SSSR count). The summed E-state index contributed by atoms with van der Waals surface area (Å²) in [5.41, 5.74) is 5.33. The van der Waals surface area contributed by atoms with Crippen LogP contribution in [-0.4, -0.2) is 47.8 Å². The Kier molecular flexibility index (Phi) is 30.9. The highest BCUT2D eigenvalue weighted by Crippen LogP contribution is 2.43. The number of phosphoric acid groups is 1. The third-order valence-electron chi connectivity index (χ3n) is 7.10.